The van der Waals surface area contributed by atoms with Gasteiger partial charge in [0.2, 0.25) is 0 Å². The lowest BCUT2D eigenvalue weighted by Gasteiger charge is -2.06. The molecule has 0 bridgehead atoms. The van der Waals surface area contributed by atoms with Gasteiger partial charge in [-0.3, -0.25) is 0 Å². The molecule has 0 unspecified atom stereocenters. The summed E-state index contributed by atoms with van der Waals surface area (Å²) >= 11 is 8.98. The zero-order valence-electron chi connectivity index (χ0n) is 10.3. The predicted molar refractivity (Wildman–Crippen MR) is 82.6 cm³/mol. The van der Waals surface area contributed by atoms with Gasteiger partial charge in [0.05, 0.1) is 0 Å². The molecule has 0 atom stereocenters. The lowest BCUT2D eigenvalue weighted by molar-refractivity contribution is 0.893. The van der Waals surface area contributed by atoms with Gasteiger partial charge in [0, 0.05) is 16.8 Å². The number of rotatable bonds is 5. The fourth-order valence-corrected chi connectivity index (χ4v) is 2.80. The van der Waals surface area contributed by atoms with E-state index >= 15 is 0 Å². The van der Waals surface area contributed by atoms with Gasteiger partial charge >= 0.3 is 0 Å². The summed E-state index contributed by atoms with van der Waals surface area (Å²) in [5.41, 5.74) is 3.75. The summed E-state index contributed by atoms with van der Waals surface area (Å²) in [5.74, 6) is 6.84. The lowest BCUT2D eigenvalue weighted by Crippen LogP contribution is -2.09. The van der Waals surface area contributed by atoms with Crippen LogP contribution in [-0.2, 0) is 5.75 Å². The summed E-state index contributed by atoms with van der Waals surface area (Å²) in [6, 6.07) is 9.62. The maximum absolute atomic E-state index is 5.86. The molecule has 4 nitrogen and oxygen atoms in total. The van der Waals surface area contributed by atoms with Crippen LogP contribution in [0, 0.1) is 0 Å². The highest BCUT2D eigenvalue weighted by Gasteiger charge is 2.04. The Morgan fingerprint density at radius 1 is 1.26 bits per heavy atom. The number of benzene rings is 1. The number of hydrazine groups is 1. The Bertz CT molecular complexity index is 526. The Balaban J connectivity index is 2.08. The molecule has 0 fully saturated rings. The van der Waals surface area contributed by atoms with Crippen molar-refractivity contribution in [2.75, 3.05) is 11.7 Å². The molecule has 19 heavy (non-hydrogen) atoms. The molecule has 100 valence electrons. The summed E-state index contributed by atoms with van der Waals surface area (Å²) in [5, 5.41) is 2.34. The third-order valence-corrected chi connectivity index (χ3v) is 4.09. The zero-order chi connectivity index (χ0) is 13.7. The molecule has 2 aromatic rings. The maximum atomic E-state index is 5.86. The van der Waals surface area contributed by atoms with Crippen molar-refractivity contribution in [3.63, 3.8) is 0 Å². The van der Waals surface area contributed by atoms with Crippen molar-refractivity contribution in [1.82, 2.24) is 9.97 Å². The van der Waals surface area contributed by atoms with Gasteiger partial charge in [0.25, 0.3) is 0 Å². The van der Waals surface area contributed by atoms with Crippen LogP contribution in [0.5, 0.6) is 0 Å². The van der Waals surface area contributed by atoms with Crippen molar-refractivity contribution in [3.05, 3.63) is 40.9 Å². The van der Waals surface area contributed by atoms with E-state index in [-0.39, 0.29) is 0 Å². The van der Waals surface area contributed by atoms with Crippen molar-refractivity contribution in [1.29, 1.82) is 0 Å². The summed E-state index contributed by atoms with van der Waals surface area (Å²) in [6.45, 7) is 0. The Morgan fingerprint density at radius 3 is 2.63 bits per heavy atom. The number of nitrogens with zero attached hydrogens (tertiary/aromatic N) is 2. The minimum absolute atomic E-state index is 0.623. The molecule has 0 saturated heterocycles. The molecule has 1 aromatic heterocycles. The van der Waals surface area contributed by atoms with Crippen LogP contribution < -0.4 is 11.3 Å². The number of halogens is 1. The second-order valence-electron chi connectivity index (χ2n) is 3.64. The van der Waals surface area contributed by atoms with E-state index in [0.717, 1.165) is 15.8 Å². The molecule has 0 aliphatic rings. The molecule has 3 N–H and O–H groups in total. The first-order chi connectivity index (χ1) is 9.21. The van der Waals surface area contributed by atoms with Crippen LogP contribution in [0.3, 0.4) is 0 Å². The molecular formula is C12H13ClN4S2. The molecule has 1 heterocycles. The van der Waals surface area contributed by atoms with E-state index in [1.165, 1.54) is 17.3 Å². The smallest absolute Gasteiger partial charge is 0.190 e. The average Bonchev–Trinajstić information content (AvgIpc) is 2.46. The van der Waals surface area contributed by atoms with E-state index in [9.17, 15) is 0 Å². The molecule has 7 heteroatoms. The van der Waals surface area contributed by atoms with Crippen LogP contribution >= 0.6 is 35.1 Å². The Kier molecular flexibility index (Phi) is 5.33. The zero-order valence-corrected chi connectivity index (χ0v) is 12.6. The van der Waals surface area contributed by atoms with E-state index in [0.29, 0.717) is 11.0 Å². The summed E-state index contributed by atoms with van der Waals surface area (Å²) in [7, 11) is 0. The third kappa shape index (κ3) is 4.28. The van der Waals surface area contributed by atoms with Gasteiger partial charge < -0.3 is 5.43 Å². The fraction of sp³-hybridized carbons (Fsp3) is 0.167. The van der Waals surface area contributed by atoms with Gasteiger partial charge in [-0.15, -0.1) is 11.8 Å². The van der Waals surface area contributed by atoms with Crippen molar-refractivity contribution < 1.29 is 0 Å². The summed E-state index contributed by atoms with van der Waals surface area (Å²) < 4.78 is 0. The number of aromatic nitrogens is 2. The largest absolute Gasteiger partial charge is 0.308 e. The van der Waals surface area contributed by atoms with Gasteiger partial charge in [-0.25, -0.2) is 15.8 Å². The molecule has 0 amide bonds. The quantitative estimate of drug-likeness (QED) is 0.290. The Hall–Kier alpha value is -0.950. The fourth-order valence-electron chi connectivity index (χ4n) is 1.38. The highest BCUT2D eigenvalue weighted by Crippen LogP contribution is 2.25. The predicted octanol–water partition coefficient (Wildman–Crippen LogP) is 3.43. The SMILES string of the molecule is CSc1nc(NN)cc(SCc2ccc(Cl)cc2)n1. The number of anilines is 1. The monoisotopic (exact) mass is 312 g/mol. The van der Waals surface area contributed by atoms with Gasteiger partial charge in [-0.05, 0) is 24.0 Å². The Morgan fingerprint density at radius 2 is 2.00 bits per heavy atom. The summed E-state index contributed by atoms with van der Waals surface area (Å²) in [4.78, 5) is 8.65. The molecule has 0 spiro atoms. The van der Waals surface area contributed by atoms with Crippen LogP contribution in [0.15, 0.2) is 40.5 Å². The topological polar surface area (TPSA) is 63.8 Å². The van der Waals surface area contributed by atoms with E-state index in [4.69, 9.17) is 17.4 Å². The number of thioether (sulfide) groups is 2. The number of hydrogen-bond acceptors (Lipinski definition) is 6. The third-order valence-electron chi connectivity index (χ3n) is 2.31. The van der Waals surface area contributed by atoms with Crippen LogP contribution in [0.25, 0.3) is 0 Å². The molecule has 1 aromatic carbocycles. The first kappa shape index (κ1) is 14.5. The number of nitrogens with two attached hydrogens (primary N) is 1. The number of hydrogen-bond donors (Lipinski definition) is 2. The number of nitrogen functional groups attached to an aromatic ring is 1. The molecular weight excluding hydrogens is 300 g/mol. The molecule has 0 radical (unpaired) electrons. The van der Waals surface area contributed by atoms with Gasteiger partial charge in [0.15, 0.2) is 5.16 Å². The van der Waals surface area contributed by atoms with Gasteiger partial charge in [0.1, 0.15) is 10.8 Å². The van der Waals surface area contributed by atoms with Crippen molar-refractivity contribution in [2.24, 2.45) is 5.84 Å². The first-order valence-corrected chi connectivity index (χ1v) is 8.07. The second kappa shape index (κ2) is 7.00. The van der Waals surface area contributed by atoms with E-state index < -0.39 is 0 Å². The van der Waals surface area contributed by atoms with E-state index in [1.807, 2.05) is 36.6 Å². The normalized spacial score (nSPS) is 10.5. The van der Waals surface area contributed by atoms with E-state index in [1.54, 1.807) is 11.8 Å². The van der Waals surface area contributed by atoms with E-state index in [2.05, 4.69) is 15.4 Å². The van der Waals surface area contributed by atoms with Gasteiger partial charge in [-0.2, -0.15) is 0 Å². The lowest BCUT2D eigenvalue weighted by atomic mass is 10.2. The summed E-state index contributed by atoms with van der Waals surface area (Å²) in [6.07, 6.45) is 1.93. The molecule has 0 saturated carbocycles. The van der Waals surface area contributed by atoms with Crippen molar-refractivity contribution >= 4 is 40.9 Å². The minimum atomic E-state index is 0.623. The Labute approximate surface area is 125 Å². The average molecular weight is 313 g/mol. The van der Waals surface area contributed by atoms with Crippen LogP contribution in [0.1, 0.15) is 5.56 Å². The van der Waals surface area contributed by atoms with Crippen LogP contribution in [0.4, 0.5) is 5.82 Å². The maximum Gasteiger partial charge on any atom is 0.190 e. The van der Waals surface area contributed by atoms with Crippen molar-refractivity contribution in [3.8, 4) is 0 Å². The molecule has 0 aliphatic carbocycles. The van der Waals surface area contributed by atoms with Gasteiger partial charge in [-0.1, -0.05) is 35.5 Å². The second-order valence-corrected chi connectivity index (χ2v) is 5.84. The minimum Gasteiger partial charge on any atom is -0.308 e. The standard InChI is InChI=1S/C12H13ClN4S2/c1-18-12-15-10(17-14)6-11(16-12)19-7-8-2-4-9(13)5-3-8/h2-6H,7,14H2,1H3,(H,15,16,17). The highest BCUT2D eigenvalue weighted by molar-refractivity contribution is 7.99. The number of nitrogens with one attached hydrogen (secondary N) is 1. The molecule has 0 aliphatic heterocycles. The first-order valence-electron chi connectivity index (χ1n) is 5.48. The van der Waals surface area contributed by atoms with Crippen LogP contribution in [-0.4, -0.2) is 16.2 Å². The van der Waals surface area contributed by atoms with Crippen LogP contribution in [0.2, 0.25) is 5.02 Å². The highest BCUT2D eigenvalue weighted by atomic mass is 35.5. The van der Waals surface area contributed by atoms with Crippen molar-refractivity contribution in [2.45, 2.75) is 15.9 Å². The molecule has 2 rings (SSSR count).